The van der Waals surface area contributed by atoms with E-state index in [0.717, 1.165) is 6.42 Å². The molecule has 114 valence electrons. The topological polar surface area (TPSA) is 12.0 Å². The van der Waals surface area contributed by atoms with Gasteiger partial charge in [0, 0.05) is 12.1 Å². The van der Waals surface area contributed by atoms with Crippen LogP contribution in [0.1, 0.15) is 70.9 Å². The van der Waals surface area contributed by atoms with Crippen LogP contribution in [0.15, 0.2) is 18.2 Å². The Hall–Kier alpha value is -0.240. The molecule has 0 aliphatic rings. The van der Waals surface area contributed by atoms with Gasteiger partial charge in [-0.3, -0.25) is 0 Å². The summed E-state index contributed by atoms with van der Waals surface area (Å²) in [6, 6.07) is 6.82. The Bertz CT molecular complexity index is 393. The molecule has 0 spiro atoms. The molecular weight excluding hydrogens is 289 g/mol. The normalized spacial score (nSPS) is 14.2. The lowest BCUT2D eigenvalue weighted by molar-refractivity contribution is 0.414. The minimum absolute atomic E-state index is 0.353. The third-order valence-electron chi connectivity index (χ3n) is 3.73. The summed E-state index contributed by atoms with van der Waals surface area (Å²) in [7, 11) is 0. The average molecular weight is 316 g/mol. The second kappa shape index (κ2) is 9.65. The summed E-state index contributed by atoms with van der Waals surface area (Å²) in [6.45, 7) is 6.72. The van der Waals surface area contributed by atoms with E-state index in [4.69, 9.17) is 23.2 Å². The lowest BCUT2D eigenvalue weighted by Crippen LogP contribution is -2.30. The fourth-order valence-electron chi connectivity index (χ4n) is 2.48. The molecule has 0 aliphatic heterocycles. The summed E-state index contributed by atoms with van der Waals surface area (Å²) in [5, 5.41) is 4.97. The highest BCUT2D eigenvalue weighted by atomic mass is 35.5. The Morgan fingerprint density at radius 3 is 2.40 bits per heavy atom. The highest BCUT2D eigenvalue weighted by molar-refractivity contribution is 6.42. The molecule has 1 aromatic rings. The Balaban J connectivity index is 2.51. The predicted molar refractivity (Wildman–Crippen MR) is 90.9 cm³/mol. The number of rotatable bonds is 9. The first-order valence-electron chi connectivity index (χ1n) is 7.79. The SMILES string of the molecule is CCCCCCC(C)NC(CC)c1ccc(Cl)c(Cl)c1. The first kappa shape index (κ1) is 17.8. The van der Waals surface area contributed by atoms with Gasteiger partial charge in [0.15, 0.2) is 0 Å². The van der Waals surface area contributed by atoms with Crippen molar-refractivity contribution in [1.82, 2.24) is 5.32 Å². The highest BCUT2D eigenvalue weighted by Gasteiger charge is 2.13. The van der Waals surface area contributed by atoms with Crippen molar-refractivity contribution in [2.24, 2.45) is 0 Å². The third-order valence-corrected chi connectivity index (χ3v) is 4.47. The van der Waals surface area contributed by atoms with E-state index >= 15 is 0 Å². The molecule has 0 fully saturated rings. The van der Waals surface area contributed by atoms with E-state index in [1.54, 1.807) is 0 Å². The second-order valence-corrected chi connectivity index (χ2v) is 6.37. The number of halogens is 2. The zero-order chi connectivity index (χ0) is 15.0. The minimum atomic E-state index is 0.353. The van der Waals surface area contributed by atoms with Crippen LogP contribution >= 0.6 is 23.2 Å². The van der Waals surface area contributed by atoms with Crippen molar-refractivity contribution in [1.29, 1.82) is 0 Å². The van der Waals surface area contributed by atoms with Crippen molar-refractivity contribution in [3.05, 3.63) is 33.8 Å². The number of hydrogen-bond acceptors (Lipinski definition) is 1. The first-order chi connectivity index (χ1) is 9.58. The Morgan fingerprint density at radius 1 is 1.05 bits per heavy atom. The van der Waals surface area contributed by atoms with Crippen molar-refractivity contribution >= 4 is 23.2 Å². The number of hydrogen-bond donors (Lipinski definition) is 1. The molecule has 2 atom stereocenters. The molecule has 0 aromatic heterocycles. The highest BCUT2D eigenvalue weighted by Crippen LogP contribution is 2.27. The van der Waals surface area contributed by atoms with E-state index in [1.807, 2.05) is 12.1 Å². The summed E-state index contributed by atoms with van der Waals surface area (Å²) >= 11 is 12.1. The van der Waals surface area contributed by atoms with Gasteiger partial charge in [0.1, 0.15) is 0 Å². The van der Waals surface area contributed by atoms with E-state index in [0.29, 0.717) is 22.1 Å². The second-order valence-electron chi connectivity index (χ2n) is 5.55. The van der Waals surface area contributed by atoms with Crippen LogP contribution in [0, 0.1) is 0 Å². The van der Waals surface area contributed by atoms with Gasteiger partial charge in [-0.15, -0.1) is 0 Å². The smallest absolute Gasteiger partial charge is 0.0595 e. The maximum absolute atomic E-state index is 6.11. The van der Waals surface area contributed by atoms with Gasteiger partial charge in [-0.05, 0) is 37.5 Å². The molecule has 0 bridgehead atoms. The summed E-state index contributed by atoms with van der Waals surface area (Å²) in [6.07, 6.45) is 7.57. The molecule has 3 heteroatoms. The average Bonchev–Trinajstić information content (AvgIpc) is 2.44. The Kier molecular flexibility index (Phi) is 8.60. The predicted octanol–water partition coefficient (Wildman–Crippen LogP) is 6.39. The molecule has 1 N–H and O–H groups in total. The quantitative estimate of drug-likeness (QED) is 0.520. The van der Waals surface area contributed by atoms with Crippen LogP contribution in [0.3, 0.4) is 0 Å². The standard InChI is InChI=1S/C17H27Cl2N/c1-4-6-7-8-9-13(3)20-17(5-2)14-10-11-15(18)16(19)12-14/h10-13,17,20H,4-9H2,1-3H3. The van der Waals surface area contributed by atoms with Gasteiger partial charge < -0.3 is 5.32 Å². The van der Waals surface area contributed by atoms with E-state index in [9.17, 15) is 0 Å². The van der Waals surface area contributed by atoms with Crippen LogP contribution in [0.4, 0.5) is 0 Å². The molecular formula is C17H27Cl2N. The van der Waals surface area contributed by atoms with Crippen molar-refractivity contribution in [3.63, 3.8) is 0 Å². The largest absolute Gasteiger partial charge is 0.307 e. The maximum atomic E-state index is 6.11. The molecule has 0 amide bonds. The molecule has 1 aromatic carbocycles. The van der Waals surface area contributed by atoms with E-state index in [2.05, 4.69) is 32.2 Å². The van der Waals surface area contributed by atoms with Crippen LogP contribution in [0.5, 0.6) is 0 Å². The maximum Gasteiger partial charge on any atom is 0.0595 e. The third kappa shape index (κ3) is 6.03. The molecule has 0 radical (unpaired) electrons. The fraction of sp³-hybridized carbons (Fsp3) is 0.647. The van der Waals surface area contributed by atoms with E-state index in [1.165, 1.54) is 37.7 Å². The lowest BCUT2D eigenvalue weighted by Gasteiger charge is -2.23. The summed E-state index contributed by atoms with van der Waals surface area (Å²) in [4.78, 5) is 0. The van der Waals surface area contributed by atoms with Gasteiger partial charge in [-0.2, -0.15) is 0 Å². The zero-order valence-corrected chi connectivity index (χ0v) is 14.4. The molecule has 0 heterocycles. The van der Waals surface area contributed by atoms with Gasteiger partial charge in [0.05, 0.1) is 10.0 Å². The number of benzene rings is 1. The van der Waals surface area contributed by atoms with Crippen molar-refractivity contribution < 1.29 is 0 Å². The van der Waals surface area contributed by atoms with Crippen LogP contribution in [0.2, 0.25) is 10.0 Å². The van der Waals surface area contributed by atoms with Crippen molar-refractivity contribution in [3.8, 4) is 0 Å². The van der Waals surface area contributed by atoms with Gasteiger partial charge in [0.25, 0.3) is 0 Å². The molecule has 20 heavy (non-hydrogen) atoms. The Morgan fingerprint density at radius 2 is 1.80 bits per heavy atom. The summed E-state index contributed by atoms with van der Waals surface area (Å²) in [5.41, 5.74) is 1.22. The van der Waals surface area contributed by atoms with Gasteiger partial charge in [-0.1, -0.05) is 68.8 Å². The van der Waals surface area contributed by atoms with Crippen molar-refractivity contribution in [2.45, 2.75) is 71.4 Å². The number of nitrogens with one attached hydrogen (secondary N) is 1. The van der Waals surface area contributed by atoms with E-state index in [-0.39, 0.29) is 0 Å². The van der Waals surface area contributed by atoms with Gasteiger partial charge in [-0.25, -0.2) is 0 Å². The summed E-state index contributed by atoms with van der Waals surface area (Å²) < 4.78 is 0. The minimum Gasteiger partial charge on any atom is -0.307 e. The van der Waals surface area contributed by atoms with Crippen LogP contribution in [-0.4, -0.2) is 6.04 Å². The lowest BCUT2D eigenvalue weighted by atomic mass is 10.0. The molecule has 0 saturated carbocycles. The van der Waals surface area contributed by atoms with Gasteiger partial charge in [0.2, 0.25) is 0 Å². The zero-order valence-electron chi connectivity index (χ0n) is 12.9. The van der Waals surface area contributed by atoms with Crippen LogP contribution in [-0.2, 0) is 0 Å². The van der Waals surface area contributed by atoms with Crippen molar-refractivity contribution in [2.75, 3.05) is 0 Å². The monoisotopic (exact) mass is 315 g/mol. The molecule has 0 saturated heterocycles. The number of unbranched alkanes of at least 4 members (excludes halogenated alkanes) is 3. The van der Waals surface area contributed by atoms with Gasteiger partial charge >= 0.3 is 0 Å². The fourth-order valence-corrected chi connectivity index (χ4v) is 2.79. The van der Waals surface area contributed by atoms with E-state index < -0.39 is 0 Å². The van der Waals surface area contributed by atoms with Crippen LogP contribution in [0.25, 0.3) is 0 Å². The molecule has 0 aliphatic carbocycles. The first-order valence-corrected chi connectivity index (χ1v) is 8.55. The summed E-state index contributed by atoms with van der Waals surface area (Å²) in [5.74, 6) is 0. The Labute approximate surface area is 134 Å². The molecule has 1 nitrogen and oxygen atoms in total. The van der Waals surface area contributed by atoms with Crippen LogP contribution < -0.4 is 5.32 Å². The molecule has 2 unspecified atom stereocenters. The molecule has 1 rings (SSSR count).